The second-order valence-electron chi connectivity index (χ2n) is 6.54. The third-order valence-corrected chi connectivity index (χ3v) is 4.83. The molecule has 6 heteroatoms. The molecule has 1 aliphatic rings. The summed E-state index contributed by atoms with van der Waals surface area (Å²) in [6.45, 7) is 1.99. The Kier molecular flexibility index (Phi) is 3.95. The van der Waals surface area contributed by atoms with Gasteiger partial charge in [-0.05, 0) is 36.0 Å². The molecule has 128 valence electrons. The van der Waals surface area contributed by atoms with E-state index < -0.39 is 0 Å². The zero-order valence-electron chi connectivity index (χ0n) is 14.4. The van der Waals surface area contributed by atoms with Crippen LogP contribution in [0, 0.1) is 0 Å². The molecule has 0 saturated carbocycles. The predicted molar refractivity (Wildman–Crippen MR) is 92.3 cm³/mol. The zero-order chi connectivity index (χ0) is 17.4. The van der Waals surface area contributed by atoms with Crippen LogP contribution in [0.3, 0.4) is 0 Å². The van der Waals surface area contributed by atoms with Gasteiger partial charge in [0, 0.05) is 31.6 Å². The molecule has 0 radical (unpaired) electrons. The third kappa shape index (κ3) is 2.99. The molecule has 0 bridgehead atoms. The van der Waals surface area contributed by atoms with Gasteiger partial charge in [0.05, 0.1) is 11.8 Å². The second kappa shape index (κ2) is 6.27. The molecule has 0 amide bonds. The SMILES string of the molecule is CCc1nc(-c2ccc3c(c2)CC[C@H]3CC(=O)c2cnn(C)c2)no1. The monoisotopic (exact) mass is 336 g/mol. The Morgan fingerprint density at radius 1 is 1.40 bits per heavy atom. The molecule has 1 atom stereocenters. The number of nitrogens with zero attached hydrogens (tertiary/aromatic N) is 4. The molecule has 0 fully saturated rings. The molecule has 0 aliphatic heterocycles. The van der Waals surface area contributed by atoms with Gasteiger partial charge in [-0.25, -0.2) is 0 Å². The summed E-state index contributed by atoms with van der Waals surface area (Å²) in [6, 6.07) is 6.27. The van der Waals surface area contributed by atoms with E-state index in [0.717, 1.165) is 24.8 Å². The van der Waals surface area contributed by atoms with Crippen LogP contribution in [0.4, 0.5) is 0 Å². The van der Waals surface area contributed by atoms with Crippen molar-refractivity contribution in [3.63, 3.8) is 0 Å². The molecule has 25 heavy (non-hydrogen) atoms. The summed E-state index contributed by atoms with van der Waals surface area (Å²) < 4.78 is 6.86. The molecule has 3 aromatic rings. The Hall–Kier alpha value is -2.76. The van der Waals surface area contributed by atoms with Gasteiger partial charge in [-0.2, -0.15) is 10.1 Å². The molecule has 2 aromatic heterocycles. The number of Topliss-reactive ketones (excluding diaryl/α,β-unsaturated/α-hetero) is 1. The molecular formula is C19H20N4O2. The van der Waals surface area contributed by atoms with Crippen LogP contribution in [0.2, 0.25) is 0 Å². The second-order valence-corrected chi connectivity index (χ2v) is 6.54. The van der Waals surface area contributed by atoms with Gasteiger partial charge in [-0.15, -0.1) is 0 Å². The normalized spacial score (nSPS) is 16.2. The van der Waals surface area contributed by atoms with Crippen molar-refractivity contribution in [2.24, 2.45) is 7.05 Å². The average molecular weight is 336 g/mol. The lowest BCUT2D eigenvalue weighted by molar-refractivity contribution is 0.0973. The van der Waals surface area contributed by atoms with Crippen LogP contribution in [-0.4, -0.2) is 25.7 Å². The highest BCUT2D eigenvalue weighted by atomic mass is 16.5. The average Bonchev–Trinajstić information content (AvgIpc) is 3.34. The van der Waals surface area contributed by atoms with Crippen molar-refractivity contribution in [3.05, 3.63) is 53.2 Å². The van der Waals surface area contributed by atoms with E-state index in [4.69, 9.17) is 4.52 Å². The maximum absolute atomic E-state index is 12.5. The summed E-state index contributed by atoms with van der Waals surface area (Å²) in [7, 11) is 1.82. The molecule has 0 spiro atoms. The van der Waals surface area contributed by atoms with Crippen LogP contribution in [0.25, 0.3) is 11.4 Å². The Bertz CT molecular complexity index is 925. The van der Waals surface area contributed by atoms with Crippen LogP contribution in [0.5, 0.6) is 0 Å². The lowest BCUT2D eigenvalue weighted by Crippen LogP contribution is -2.04. The van der Waals surface area contributed by atoms with Crippen LogP contribution >= 0.6 is 0 Å². The summed E-state index contributed by atoms with van der Waals surface area (Å²) in [5.74, 6) is 1.71. The van der Waals surface area contributed by atoms with Crippen LogP contribution in [-0.2, 0) is 19.9 Å². The number of fused-ring (bicyclic) bond motifs is 1. The largest absolute Gasteiger partial charge is 0.339 e. The van der Waals surface area contributed by atoms with E-state index in [0.29, 0.717) is 23.7 Å². The number of carbonyl (C=O) groups is 1. The summed E-state index contributed by atoms with van der Waals surface area (Å²) >= 11 is 0. The van der Waals surface area contributed by atoms with Crippen LogP contribution in [0.15, 0.2) is 35.1 Å². The fourth-order valence-corrected chi connectivity index (χ4v) is 3.48. The zero-order valence-corrected chi connectivity index (χ0v) is 14.4. The van der Waals surface area contributed by atoms with E-state index in [1.807, 2.05) is 20.0 Å². The number of ketones is 1. The molecule has 4 rings (SSSR count). The van der Waals surface area contributed by atoms with Crippen molar-refractivity contribution < 1.29 is 9.32 Å². The third-order valence-electron chi connectivity index (χ3n) is 4.83. The maximum atomic E-state index is 12.5. The minimum atomic E-state index is 0.154. The van der Waals surface area contributed by atoms with Crippen molar-refractivity contribution in [1.82, 2.24) is 19.9 Å². The Morgan fingerprint density at radius 3 is 3.00 bits per heavy atom. The van der Waals surface area contributed by atoms with Gasteiger partial charge in [0.25, 0.3) is 0 Å². The molecule has 0 unspecified atom stereocenters. The van der Waals surface area contributed by atoms with E-state index in [9.17, 15) is 4.79 Å². The van der Waals surface area contributed by atoms with Crippen LogP contribution < -0.4 is 0 Å². The van der Waals surface area contributed by atoms with Crippen LogP contribution in [0.1, 0.15) is 53.1 Å². The molecule has 1 aliphatic carbocycles. The van der Waals surface area contributed by atoms with Crippen molar-refractivity contribution in [2.45, 2.75) is 38.5 Å². The first-order valence-electron chi connectivity index (χ1n) is 8.61. The van der Waals surface area contributed by atoms with Gasteiger partial charge in [0.2, 0.25) is 11.7 Å². The Balaban J connectivity index is 1.54. The highest BCUT2D eigenvalue weighted by Crippen LogP contribution is 2.38. The predicted octanol–water partition coefficient (Wildman–Crippen LogP) is 3.34. The van der Waals surface area contributed by atoms with Gasteiger partial charge in [-0.3, -0.25) is 9.48 Å². The molecule has 0 saturated heterocycles. The fraction of sp³-hybridized carbons (Fsp3) is 0.368. The van der Waals surface area contributed by atoms with Gasteiger partial charge in [0.1, 0.15) is 0 Å². The molecule has 1 aromatic carbocycles. The van der Waals surface area contributed by atoms with E-state index >= 15 is 0 Å². The summed E-state index contributed by atoms with van der Waals surface area (Å²) in [5, 5.41) is 8.13. The minimum absolute atomic E-state index is 0.154. The van der Waals surface area contributed by atoms with Crippen molar-refractivity contribution in [3.8, 4) is 11.4 Å². The summed E-state index contributed by atoms with van der Waals surface area (Å²) in [5.41, 5.74) is 4.21. The van der Waals surface area contributed by atoms with Crippen molar-refractivity contribution in [1.29, 1.82) is 0 Å². The highest BCUT2D eigenvalue weighted by molar-refractivity contribution is 5.96. The lowest BCUT2D eigenvalue weighted by atomic mass is 9.93. The molecule has 2 heterocycles. The first kappa shape index (κ1) is 15.7. The number of hydrogen-bond acceptors (Lipinski definition) is 5. The quantitative estimate of drug-likeness (QED) is 0.668. The fourth-order valence-electron chi connectivity index (χ4n) is 3.48. The van der Waals surface area contributed by atoms with Gasteiger partial charge in [-0.1, -0.05) is 24.2 Å². The standard InChI is InChI=1S/C19H20N4O2/c1-3-18-21-19(22-25-18)14-6-7-16-12(8-14)4-5-13(16)9-17(24)15-10-20-23(2)11-15/h6-8,10-11,13H,3-5,9H2,1-2H3/t13-/m0/s1. The Labute approximate surface area is 145 Å². The number of benzene rings is 1. The minimum Gasteiger partial charge on any atom is -0.339 e. The van der Waals surface area contributed by atoms with E-state index in [-0.39, 0.29) is 11.7 Å². The van der Waals surface area contributed by atoms with E-state index in [2.05, 4.69) is 27.4 Å². The highest BCUT2D eigenvalue weighted by Gasteiger charge is 2.26. The number of rotatable bonds is 5. The first-order chi connectivity index (χ1) is 12.1. The van der Waals surface area contributed by atoms with Gasteiger partial charge in [0.15, 0.2) is 5.78 Å². The van der Waals surface area contributed by atoms with E-state index in [1.165, 1.54) is 11.1 Å². The number of carbonyl (C=O) groups excluding carboxylic acids is 1. The number of hydrogen-bond donors (Lipinski definition) is 0. The Morgan fingerprint density at radius 2 is 2.28 bits per heavy atom. The number of aryl methyl sites for hydroxylation is 3. The summed E-state index contributed by atoms with van der Waals surface area (Å²) in [4.78, 5) is 16.9. The number of aromatic nitrogens is 4. The smallest absolute Gasteiger partial charge is 0.226 e. The summed E-state index contributed by atoms with van der Waals surface area (Å²) in [6.07, 6.45) is 6.66. The topological polar surface area (TPSA) is 73.8 Å². The first-order valence-corrected chi connectivity index (χ1v) is 8.61. The van der Waals surface area contributed by atoms with Crippen molar-refractivity contribution in [2.75, 3.05) is 0 Å². The lowest BCUT2D eigenvalue weighted by Gasteiger charge is -2.10. The van der Waals surface area contributed by atoms with Crippen molar-refractivity contribution >= 4 is 5.78 Å². The van der Waals surface area contributed by atoms with Gasteiger partial charge >= 0.3 is 0 Å². The molecule has 6 nitrogen and oxygen atoms in total. The van der Waals surface area contributed by atoms with E-state index in [1.54, 1.807) is 17.1 Å². The molecular weight excluding hydrogens is 316 g/mol. The van der Waals surface area contributed by atoms with Gasteiger partial charge < -0.3 is 4.52 Å². The maximum Gasteiger partial charge on any atom is 0.226 e. The molecule has 0 N–H and O–H groups in total.